The number of rotatable bonds is 2. The second kappa shape index (κ2) is 4.44. The molecule has 0 heterocycles. The monoisotopic (exact) mass is 198 g/mol. The number of carbonyl (C=O) groups is 2. The van der Waals surface area contributed by atoms with E-state index in [2.05, 4.69) is 0 Å². The molecule has 1 rings (SSSR count). The maximum Gasteiger partial charge on any atom is 0.225 e. The summed E-state index contributed by atoms with van der Waals surface area (Å²) in [7, 11) is 3.43. The van der Waals surface area contributed by atoms with Gasteiger partial charge in [0, 0.05) is 25.9 Å². The van der Waals surface area contributed by atoms with Gasteiger partial charge in [0.1, 0.15) is 0 Å². The second-order valence-electron chi connectivity index (χ2n) is 4.13. The number of primary amides is 1. The van der Waals surface area contributed by atoms with Crippen molar-refractivity contribution >= 4 is 11.8 Å². The lowest BCUT2D eigenvalue weighted by atomic mass is 9.78. The van der Waals surface area contributed by atoms with Crippen LogP contribution in [0.25, 0.3) is 0 Å². The minimum atomic E-state index is -0.329. The van der Waals surface area contributed by atoms with Gasteiger partial charge in [-0.25, -0.2) is 0 Å². The topological polar surface area (TPSA) is 63.4 Å². The molecule has 2 unspecified atom stereocenters. The van der Waals surface area contributed by atoms with Crippen LogP contribution in [0.4, 0.5) is 0 Å². The number of amides is 2. The third kappa shape index (κ3) is 2.25. The summed E-state index contributed by atoms with van der Waals surface area (Å²) in [6.45, 7) is 0. The predicted octanol–water partition coefficient (Wildman–Crippen LogP) is 0.366. The Morgan fingerprint density at radius 1 is 1.14 bits per heavy atom. The Kier molecular flexibility index (Phi) is 3.49. The fourth-order valence-corrected chi connectivity index (χ4v) is 2.10. The van der Waals surface area contributed by atoms with Crippen LogP contribution in [0.5, 0.6) is 0 Å². The third-order valence-corrected chi connectivity index (χ3v) is 2.89. The summed E-state index contributed by atoms with van der Waals surface area (Å²) in [5.74, 6) is -0.728. The molecular weight excluding hydrogens is 180 g/mol. The Hall–Kier alpha value is -1.06. The second-order valence-corrected chi connectivity index (χ2v) is 4.13. The van der Waals surface area contributed by atoms with Crippen LogP contribution >= 0.6 is 0 Å². The van der Waals surface area contributed by atoms with Gasteiger partial charge in [-0.2, -0.15) is 0 Å². The van der Waals surface area contributed by atoms with Crippen molar-refractivity contribution in [1.29, 1.82) is 0 Å². The molecule has 14 heavy (non-hydrogen) atoms. The highest BCUT2D eigenvalue weighted by Crippen LogP contribution is 2.30. The molecule has 4 nitrogen and oxygen atoms in total. The van der Waals surface area contributed by atoms with E-state index in [0.717, 1.165) is 25.7 Å². The van der Waals surface area contributed by atoms with Crippen LogP contribution in [0, 0.1) is 11.8 Å². The molecule has 0 aromatic rings. The van der Waals surface area contributed by atoms with Gasteiger partial charge in [0.15, 0.2) is 0 Å². The molecule has 0 aromatic carbocycles. The molecule has 1 fully saturated rings. The first-order valence-corrected chi connectivity index (χ1v) is 5.04. The Balaban J connectivity index is 2.72. The molecule has 1 aliphatic carbocycles. The summed E-state index contributed by atoms with van der Waals surface area (Å²) in [4.78, 5) is 24.4. The standard InChI is InChI=1S/C10H18N2O2/c1-12(2)10(14)8-6-4-3-5-7(8)9(11)13/h7-8H,3-6H2,1-2H3,(H2,11,13). The van der Waals surface area contributed by atoms with Crippen molar-refractivity contribution in [1.82, 2.24) is 4.90 Å². The SMILES string of the molecule is CN(C)C(=O)C1CCCCC1C(N)=O. The molecule has 2 amide bonds. The summed E-state index contributed by atoms with van der Waals surface area (Å²) in [5, 5.41) is 0. The summed E-state index contributed by atoms with van der Waals surface area (Å²) >= 11 is 0. The molecule has 80 valence electrons. The van der Waals surface area contributed by atoms with Gasteiger partial charge in [-0.15, -0.1) is 0 Å². The summed E-state index contributed by atoms with van der Waals surface area (Å²) in [6, 6.07) is 0. The average Bonchev–Trinajstić information content (AvgIpc) is 2.16. The van der Waals surface area contributed by atoms with Gasteiger partial charge < -0.3 is 10.6 Å². The normalized spacial score (nSPS) is 27.0. The molecule has 0 bridgehead atoms. The minimum Gasteiger partial charge on any atom is -0.369 e. The highest BCUT2D eigenvalue weighted by molar-refractivity contribution is 5.86. The van der Waals surface area contributed by atoms with E-state index in [1.807, 2.05) is 0 Å². The van der Waals surface area contributed by atoms with Crippen molar-refractivity contribution in [3.8, 4) is 0 Å². The number of hydrogen-bond donors (Lipinski definition) is 1. The van der Waals surface area contributed by atoms with Gasteiger partial charge in [0.05, 0.1) is 0 Å². The van der Waals surface area contributed by atoms with Crippen molar-refractivity contribution in [3.63, 3.8) is 0 Å². The number of carbonyl (C=O) groups excluding carboxylic acids is 2. The van der Waals surface area contributed by atoms with E-state index in [9.17, 15) is 9.59 Å². The summed E-state index contributed by atoms with van der Waals surface area (Å²) in [6.07, 6.45) is 3.59. The van der Waals surface area contributed by atoms with Crippen molar-refractivity contribution in [2.45, 2.75) is 25.7 Å². The van der Waals surface area contributed by atoms with Crippen LogP contribution in [0.2, 0.25) is 0 Å². The maximum absolute atomic E-state index is 11.7. The quantitative estimate of drug-likeness (QED) is 0.696. The predicted molar refractivity (Wildman–Crippen MR) is 53.3 cm³/mol. The Labute approximate surface area is 84.4 Å². The molecule has 1 aliphatic rings. The lowest BCUT2D eigenvalue weighted by molar-refractivity contribution is -0.140. The van der Waals surface area contributed by atoms with Gasteiger partial charge in [0.25, 0.3) is 0 Å². The summed E-state index contributed by atoms with van der Waals surface area (Å²) < 4.78 is 0. The largest absolute Gasteiger partial charge is 0.369 e. The van der Waals surface area contributed by atoms with Crippen LogP contribution in [0.3, 0.4) is 0 Å². The maximum atomic E-state index is 11.7. The lowest BCUT2D eigenvalue weighted by Crippen LogP contribution is -2.41. The Morgan fingerprint density at radius 2 is 1.64 bits per heavy atom. The van der Waals surface area contributed by atoms with Gasteiger partial charge in [-0.1, -0.05) is 12.8 Å². The van der Waals surface area contributed by atoms with Crippen molar-refractivity contribution in [3.05, 3.63) is 0 Å². The molecule has 2 atom stereocenters. The van der Waals surface area contributed by atoms with Gasteiger partial charge in [-0.05, 0) is 12.8 Å². The highest BCUT2D eigenvalue weighted by atomic mass is 16.2. The fourth-order valence-electron chi connectivity index (χ4n) is 2.10. The van der Waals surface area contributed by atoms with E-state index in [4.69, 9.17) is 5.73 Å². The van der Waals surface area contributed by atoms with Crippen molar-refractivity contribution in [2.75, 3.05) is 14.1 Å². The van der Waals surface area contributed by atoms with E-state index in [-0.39, 0.29) is 23.7 Å². The molecule has 2 N–H and O–H groups in total. The first-order valence-electron chi connectivity index (χ1n) is 5.04. The molecule has 1 saturated carbocycles. The van der Waals surface area contributed by atoms with Crippen LogP contribution in [-0.2, 0) is 9.59 Å². The first kappa shape index (κ1) is 11.0. The Bertz CT molecular complexity index is 238. The van der Waals surface area contributed by atoms with Gasteiger partial charge in [-0.3, -0.25) is 9.59 Å². The van der Waals surface area contributed by atoms with Crippen LogP contribution in [-0.4, -0.2) is 30.8 Å². The lowest BCUT2D eigenvalue weighted by Gasteiger charge is -2.30. The number of nitrogens with zero attached hydrogens (tertiary/aromatic N) is 1. The zero-order valence-electron chi connectivity index (χ0n) is 8.82. The van der Waals surface area contributed by atoms with Crippen LogP contribution in [0.1, 0.15) is 25.7 Å². The molecular formula is C10H18N2O2. The summed E-state index contributed by atoms with van der Waals surface area (Å²) in [5.41, 5.74) is 5.29. The first-order chi connectivity index (χ1) is 6.54. The van der Waals surface area contributed by atoms with Gasteiger partial charge >= 0.3 is 0 Å². The smallest absolute Gasteiger partial charge is 0.225 e. The highest BCUT2D eigenvalue weighted by Gasteiger charge is 2.35. The Morgan fingerprint density at radius 3 is 2.07 bits per heavy atom. The number of nitrogens with two attached hydrogens (primary N) is 1. The van der Waals surface area contributed by atoms with E-state index < -0.39 is 0 Å². The van der Waals surface area contributed by atoms with E-state index >= 15 is 0 Å². The van der Waals surface area contributed by atoms with Gasteiger partial charge in [0.2, 0.25) is 11.8 Å². The minimum absolute atomic E-state index is 0.0356. The third-order valence-electron chi connectivity index (χ3n) is 2.89. The molecule has 0 spiro atoms. The zero-order chi connectivity index (χ0) is 10.7. The van der Waals surface area contributed by atoms with Crippen LogP contribution < -0.4 is 5.73 Å². The molecule has 0 aromatic heterocycles. The van der Waals surface area contributed by atoms with Crippen molar-refractivity contribution < 1.29 is 9.59 Å². The fraction of sp³-hybridized carbons (Fsp3) is 0.800. The molecule has 0 saturated heterocycles. The molecule has 0 radical (unpaired) electrons. The van der Waals surface area contributed by atoms with Crippen molar-refractivity contribution in [2.24, 2.45) is 17.6 Å². The van der Waals surface area contributed by atoms with E-state index in [1.54, 1.807) is 19.0 Å². The zero-order valence-corrected chi connectivity index (χ0v) is 8.82. The van der Waals surface area contributed by atoms with Crippen LogP contribution in [0.15, 0.2) is 0 Å². The van der Waals surface area contributed by atoms with E-state index in [0.29, 0.717) is 0 Å². The number of hydrogen-bond acceptors (Lipinski definition) is 2. The molecule has 4 heteroatoms. The average molecular weight is 198 g/mol. The molecule has 0 aliphatic heterocycles. The van der Waals surface area contributed by atoms with E-state index in [1.165, 1.54) is 0 Å².